The van der Waals surface area contributed by atoms with Crippen LogP contribution in [0.25, 0.3) is 0 Å². The van der Waals surface area contributed by atoms with E-state index in [2.05, 4.69) is 10.4 Å². The lowest BCUT2D eigenvalue weighted by atomic mass is 10.2. The van der Waals surface area contributed by atoms with Gasteiger partial charge in [0, 0.05) is 11.8 Å². The second kappa shape index (κ2) is 6.28. The van der Waals surface area contributed by atoms with Gasteiger partial charge < -0.3 is 5.32 Å². The first-order chi connectivity index (χ1) is 9.88. The van der Waals surface area contributed by atoms with Crippen molar-refractivity contribution >= 4 is 34.8 Å². The van der Waals surface area contributed by atoms with Crippen LogP contribution in [0.2, 0.25) is 10.0 Å². The van der Waals surface area contributed by atoms with Crippen molar-refractivity contribution in [2.75, 3.05) is 5.32 Å². The molecule has 2 rings (SSSR count). The Labute approximate surface area is 131 Å². The van der Waals surface area contributed by atoms with Gasteiger partial charge in [-0.2, -0.15) is 5.10 Å². The Morgan fingerprint density at radius 2 is 1.95 bits per heavy atom. The second-order valence-electron chi connectivity index (χ2n) is 4.55. The number of carbonyl (C=O) groups is 1. The topological polar surface area (TPSA) is 64.0 Å². The summed E-state index contributed by atoms with van der Waals surface area (Å²) in [5.74, 6) is -0.367. The Morgan fingerprint density at radius 3 is 2.62 bits per heavy atom. The van der Waals surface area contributed by atoms with Crippen LogP contribution in [0, 0.1) is 6.92 Å². The lowest BCUT2D eigenvalue weighted by Crippen LogP contribution is -2.33. The van der Waals surface area contributed by atoms with E-state index in [1.165, 1.54) is 6.07 Å². The highest BCUT2D eigenvalue weighted by Crippen LogP contribution is 2.25. The Bertz CT molecular complexity index is 743. The van der Waals surface area contributed by atoms with Crippen molar-refractivity contribution in [3.05, 3.63) is 56.4 Å². The van der Waals surface area contributed by atoms with Crippen molar-refractivity contribution < 1.29 is 4.79 Å². The Hall–Kier alpha value is -1.85. The number of hydrogen-bond acceptors (Lipinski definition) is 3. The molecular weight excluding hydrogens is 313 g/mol. The molecule has 1 aromatic heterocycles. The molecule has 1 unspecified atom stereocenters. The zero-order chi connectivity index (χ0) is 15.6. The molecule has 7 heteroatoms. The van der Waals surface area contributed by atoms with Crippen LogP contribution in [0.4, 0.5) is 5.69 Å². The maximum Gasteiger partial charge on any atom is 0.267 e. The molecule has 1 heterocycles. The predicted molar refractivity (Wildman–Crippen MR) is 83.0 cm³/mol. The number of carbonyl (C=O) groups excluding carboxylic acids is 1. The van der Waals surface area contributed by atoms with Crippen molar-refractivity contribution in [1.82, 2.24) is 9.78 Å². The Morgan fingerprint density at radius 1 is 1.24 bits per heavy atom. The van der Waals surface area contributed by atoms with Gasteiger partial charge in [-0.15, -0.1) is 0 Å². The van der Waals surface area contributed by atoms with Crippen molar-refractivity contribution in [3.63, 3.8) is 0 Å². The lowest BCUT2D eigenvalue weighted by Gasteiger charge is -2.14. The molecule has 1 atom stereocenters. The minimum atomic E-state index is -0.744. The van der Waals surface area contributed by atoms with Crippen LogP contribution in [0.1, 0.15) is 18.7 Å². The third-order valence-corrected chi connectivity index (χ3v) is 3.63. The maximum absolute atomic E-state index is 12.2. The highest BCUT2D eigenvalue weighted by molar-refractivity contribution is 6.42. The fourth-order valence-corrected chi connectivity index (χ4v) is 2.03. The predicted octanol–water partition coefficient (Wildman–Crippen LogP) is 3.06. The number of anilines is 1. The van der Waals surface area contributed by atoms with Gasteiger partial charge in [0.25, 0.3) is 5.56 Å². The molecule has 0 fully saturated rings. The van der Waals surface area contributed by atoms with Crippen LogP contribution < -0.4 is 10.9 Å². The normalized spacial score (nSPS) is 12.0. The van der Waals surface area contributed by atoms with E-state index < -0.39 is 6.04 Å². The number of nitrogens with one attached hydrogen (secondary N) is 1. The van der Waals surface area contributed by atoms with Crippen LogP contribution in [-0.2, 0) is 4.79 Å². The fraction of sp³-hybridized carbons (Fsp3) is 0.214. The van der Waals surface area contributed by atoms with E-state index in [0.29, 0.717) is 21.4 Å². The standard InChI is InChI=1S/C14H13Cl2N3O2/c1-8-3-6-13(20)19(18-8)9(2)14(21)17-10-4-5-11(15)12(16)7-10/h3-7,9H,1-2H3,(H,17,21). The molecule has 1 aromatic carbocycles. The van der Waals surface area contributed by atoms with Crippen LogP contribution in [0.3, 0.4) is 0 Å². The van der Waals surface area contributed by atoms with Gasteiger partial charge in [0.2, 0.25) is 5.91 Å². The van der Waals surface area contributed by atoms with E-state index in [1.807, 2.05) is 0 Å². The van der Waals surface area contributed by atoms with Gasteiger partial charge in [-0.3, -0.25) is 9.59 Å². The van der Waals surface area contributed by atoms with Crippen LogP contribution in [0.15, 0.2) is 35.1 Å². The summed E-state index contributed by atoms with van der Waals surface area (Å²) in [6.07, 6.45) is 0. The monoisotopic (exact) mass is 325 g/mol. The number of hydrogen-bond donors (Lipinski definition) is 1. The summed E-state index contributed by atoms with van der Waals surface area (Å²) in [5, 5.41) is 7.48. The zero-order valence-electron chi connectivity index (χ0n) is 11.4. The SMILES string of the molecule is Cc1ccc(=O)n(C(C)C(=O)Nc2ccc(Cl)c(Cl)c2)n1. The summed E-state index contributed by atoms with van der Waals surface area (Å²) >= 11 is 11.7. The molecule has 0 bridgehead atoms. The molecule has 0 aliphatic heterocycles. The third kappa shape index (κ3) is 3.62. The molecule has 21 heavy (non-hydrogen) atoms. The number of nitrogens with zero attached hydrogens (tertiary/aromatic N) is 2. The van der Waals surface area contributed by atoms with Crippen LogP contribution in [-0.4, -0.2) is 15.7 Å². The first-order valence-electron chi connectivity index (χ1n) is 6.21. The van der Waals surface area contributed by atoms with Crippen LogP contribution in [0.5, 0.6) is 0 Å². The average Bonchev–Trinajstić information content (AvgIpc) is 2.44. The van der Waals surface area contributed by atoms with E-state index in [0.717, 1.165) is 4.68 Å². The van der Waals surface area contributed by atoms with E-state index in [9.17, 15) is 9.59 Å². The van der Waals surface area contributed by atoms with Gasteiger partial charge in [-0.1, -0.05) is 23.2 Å². The molecule has 0 aliphatic carbocycles. The van der Waals surface area contributed by atoms with Gasteiger partial charge in [0.1, 0.15) is 6.04 Å². The smallest absolute Gasteiger partial charge is 0.267 e. The molecule has 2 aromatic rings. The molecule has 1 amide bonds. The Kier molecular flexibility index (Phi) is 4.65. The number of rotatable bonds is 3. The molecule has 0 saturated heterocycles. The lowest BCUT2D eigenvalue weighted by molar-refractivity contribution is -0.119. The second-order valence-corrected chi connectivity index (χ2v) is 5.37. The highest BCUT2D eigenvalue weighted by atomic mass is 35.5. The first kappa shape index (κ1) is 15.5. The molecule has 0 aliphatic rings. The highest BCUT2D eigenvalue weighted by Gasteiger charge is 2.17. The number of benzene rings is 1. The summed E-state index contributed by atoms with van der Waals surface area (Å²) in [5.41, 5.74) is 0.822. The first-order valence-corrected chi connectivity index (χ1v) is 6.96. The van der Waals surface area contributed by atoms with Gasteiger partial charge >= 0.3 is 0 Å². The molecule has 0 saturated carbocycles. The quantitative estimate of drug-likeness (QED) is 0.943. The zero-order valence-corrected chi connectivity index (χ0v) is 12.9. The molecule has 110 valence electrons. The van der Waals surface area contributed by atoms with Gasteiger partial charge in [-0.25, -0.2) is 4.68 Å². The van der Waals surface area contributed by atoms with Gasteiger partial charge in [0.15, 0.2) is 0 Å². The van der Waals surface area contributed by atoms with Gasteiger partial charge in [0.05, 0.1) is 15.7 Å². The Balaban J connectivity index is 2.21. The van der Waals surface area contributed by atoms with Crippen LogP contribution >= 0.6 is 23.2 Å². The summed E-state index contributed by atoms with van der Waals surface area (Å²) < 4.78 is 1.14. The summed E-state index contributed by atoms with van der Waals surface area (Å²) in [6.45, 7) is 3.35. The average molecular weight is 326 g/mol. The maximum atomic E-state index is 12.2. The largest absolute Gasteiger partial charge is 0.324 e. The summed E-state index contributed by atoms with van der Waals surface area (Å²) in [4.78, 5) is 23.9. The number of amides is 1. The molecule has 5 nitrogen and oxygen atoms in total. The van der Waals surface area contributed by atoms with Crippen molar-refractivity contribution in [2.45, 2.75) is 19.9 Å². The third-order valence-electron chi connectivity index (χ3n) is 2.89. The van der Waals surface area contributed by atoms with Crippen molar-refractivity contribution in [2.24, 2.45) is 0 Å². The molecule has 0 spiro atoms. The summed E-state index contributed by atoms with van der Waals surface area (Å²) in [6, 6.07) is 6.99. The minimum Gasteiger partial charge on any atom is -0.324 e. The van der Waals surface area contributed by atoms with E-state index in [-0.39, 0.29) is 11.5 Å². The fourth-order valence-electron chi connectivity index (χ4n) is 1.73. The molecular formula is C14H13Cl2N3O2. The van der Waals surface area contributed by atoms with Gasteiger partial charge in [-0.05, 0) is 38.1 Å². The van der Waals surface area contributed by atoms with E-state index >= 15 is 0 Å². The molecule has 1 N–H and O–H groups in total. The van der Waals surface area contributed by atoms with E-state index in [1.54, 1.807) is 38.1 Å². The minimum absolute atomic E-state index is 0.336. The molecule has 0 radical (unpaired) electrons. The number of aromatic nitrogens is 2. The summed E-state index contributed by atoms with van der Waals surface area (Å²) in [7, 11) is 0. The number of aryl methyl sites for hydroxylation is 1. The van der Waals surface area contributed by atoms with E-state index in [4.69, 9.17) is 23.2 Å². The van der Waals surface area contributed by atoms with Crippen molar-refractivity contribution in [1.29, 1.82) is 0 Å². The van der Waals surface area contributed by atoms with Crippen molar-refractivity contribution in [3.8, 4) is 0 Å². The number of halogens is 2.